The van der Waals surface area contributed by atoms with Gasteiger partial charge in [-0.15, -0.1) is 0 Å². The van der Waals surface area contributed by atoms with Crippen molar-refractivity contribution >= 4 is 29.5 Å². The van der Waals surface area contributed by atoms with Crippen molar-refractivity contribution in [3.8, 4) is 0 Å². The summed E-state index contributed by atoms with van der Waals surface area (Å²) in [5.74, 6) is 1.98. The normalized spacial score (nSPS) is 35.8. The molecule has 8 unspecified atom stereocenters. The van der Waals surface area contributed by atoms with Gasteiger partial charge in [-0.1, -0.05) is 151 Å². The molecule has 0 saturated carbocycles. The lowest BCUT2D eigenvalue weighted by atomic mass is 9.56. The molecule has 0 N–H and O–H groups in total. The summed E-state index contributed by atoms with van der Waals surface area (Å²) in [5, 5.41) is 0. The fraction of sp³-hybridized carbons (Fsp3) is 0.381. The molecule has 8 rings (SSSR count). The van der Waals surface area contributed by atoms with E-state index in [0.29, 0.717) is 41.7 Å². The molecule has 5 aliphatic carbocycles. The summed E-state index contributed by atoms with van der Waals surface area (Å²) in [6.45, 7) is 7.04. The van der Waals surface area contributed by atoms with Gasteiger partial charge in [0.15, 0.2) is 0 Å². The molecular formula is C42H44BBrN2. The Kier molecular flexibility index (Phi) is 7.71. The largest absolute Gasteiger partial charge is 0.361 e. The minimum atomic E-state index is 0.00778. The smallest absolute Gasteiger partial charge is 0.0761 e. The molecule has 2 radical (unpaired) electrons. The van der Waals surface area contributed by atoms with Crippen LogP contribution in [0.5, 0.6) is 0 Å². The predicted octanol–water partition coefficient (Wildman–Crippen LogP) is 10.0. The average molecular weight is 668 g/mol. The molecule has 232 valence electrons. The Bertz CT molecular complexity index is 1670. The van der Waals surface area contributed by atoms with Gasteiger partial charge in [0.1, 0.15) is 0 Å². The van der Waals surface area contributed by atoms with Crippen LogP contribution in [0.1, 0.15) is 51.5 Å². The van der Waals surface area contributed by atoms with Crippen LogP contribution in [0.15, 0.2) is 143 Å². The number of hydrogen-bond donors (Lipinski definition) is 0. The summed E-state index contributed by atoms with van der Waals surface area (Å²) in [6.07, 6.45) is 41.2. The van der Waals surface area contributed by atoms with E-state index in [-0.39, 0.29) is 17.3 Å². The summed E-state index contributed by atoms with van der Waals surface area (Å²) < 4.78 is 1.07. The second-order valence-electron chi connectivity index (χ2n) is 15.1. The first-order chi connectivity index (χ1) is 22.3. The quantitative estimate of drug-likeness (QED) is 0.296. The summed E-state index contributed by atoms with van der Waals surface area (Å²) in [4.78, 5) is 5.41. The zero-order valence-electron chi connectivity index (χ0n) is 27.2. The van der Waals surface area contributed by atoms with Crippen LogP contribution in [-0.4, -0.2) is 30.9 Å². The fourth-order valence-corrected chi connectivity index (χ4v) is 10.2. The molecule has 7 aliphatic rings. The van der Waals surface area contributed by atoms with Gasteiger partial charge >= 0.3 is 0 Å². The molecule has 0 aromatic heterocycles. The number of hydrogen-bond acceptors (Lipinski definition) is 2. The van der Waals surface area contributed by atoms with E-state index in [2.05, 4.69) is 168 Å². The van der Waals surface area contributed by atoms with E-state index in [0.717, 1.165) is 23.7 Å². The molecule has 2 heterocycles. The first kappa shape index (κ1) is 30.1. The molecule has 1 fully saturated rings. The van der Waals surface area contributed by atoms with Gasteiger partial charge in [-0.05, 0) is 60.3 Å². The molecule has 0 amide bonds. The van der Waals surface area contributed by atoms with Crippen LogP contribution in [0.4, 0.5) is 5.69 Å². The Hall–Kier alpha value is -3.24. The number of halogens is 1. The highest BCUT2D eigenvalue weighted by Gasteiger charge is 2.54. The number of nitrogens with zero attached hydrogens (tertiary/aromatic N) is 2. The zero-order chi connectivity index (χ0) is 31.6. The molecule has 0 spiro atoms. The third-order valence-electron chi connectivity index (χ3n) is 11.5. The maximum Gasteiger partial charge on any atom is 0.0761 e. The number of piperidine rings is 1. The standard InChI is InChI=1S/C42H44BBrN2/c1-42(2,3)27-20-22-30(23-21-27)45-36-16-8-4-12-32(36)40(33-13-5-9-17-37(33)45)41-34-14-6-10-18-38(34)46(39-19-11-7-15-35(39)41)31-25-28(43)24-29(44)26-31/h4-20,22,24,26,28,32-34,36-38,40-41H,21,23,25H2,1-3H3. The van der Waals surface area contributed by atoms with Gasteiger partial charge in [-0.2, -0.15) is 0 Å². The van der Waals surface area contributed by atoms with Gasteiger partial charge in [0.25, 0.3) is 0 Å². The topological polar surface area (TPSA) is 6.48 Å². The molecule has 46 heavy (non-hydrogen) atoms. The van der Waals surface area contributed by atoms with Gasteiger partial charge in [0.2, 0.25) is 0 Å². The van der Waals surface area contributed by atoms with E-state index in [1.54, 1.807) is 5.57 Å². The minimum absolute atomic E-state index is 0.00778. The van der Waals surface area contributed by atoms with Crippen LogP contribution in [0.3, 0.4) is 0 Å². The molecule has 2 aliphatic heterocycles. The molecule has 2 nitrogen and oxygen atoms in total. The van der Waals surface area contributed by atoms with E-state index >= 15 is 0 Å². The highest BCUT2D eigenvalue weighted by Crippen LogP contribution is 2.58. The molecule has 8 atom stereocenters. The maximum atomic E-state index is 6.56. The monoisotopic (exact) mass is 666 g/mol. The van der Waals surface area contributed by atoms with Gasteiger partial charge in [0, 0.05) is 39.3 Å². The van der Waals surface area contributed by atoms with Crippen LogP contribution in [0.25, 0.3) is 0 Å². The second kappa shape index (κ2) is 11.8. The Morgan fingerprint density at radius 3 is 2.00 bits per heavy atom. The number of rotatable bonds is 3. The van der Waals surface area contributed by atoms with Crippen LogP contribution >= 0.6 is 15.9 Å². The number of allylic oxidation sites excluding steroid dienone is 14. The van der Waals surface area contributed by atoms with Crippen molar-refractivity contribution in [2.45, 2.75) is 69.9 Å². The Labute approximate surface area is 285 Å². The van der Waals surface area contributed by atoms with E-state index in [1.807, 2.05) is 0 Å². The van der Waals surface area contributed by atoms with Gasteiger partial charge in [-0.25, -0.2) is 0 Å². The molecule has 1 aromatic rings. The van der Waals surface area contributed by atoms with Crippen LogP contribution in [-0.2, 0) is 0 Å². The van der Waals surface area contributed by atoms with E-state index in [4.69, 9.17) is 7.85 Å². The average Bonchev–Trinajstić information content (AvgIpc) is 3.05. The third-order valence-corrected chi connectivity index (χ3v) is 12.0. The molecule has 1 saturated heterocycles. The van der Waals surface area contributed by atoms with Crippen molar-refractivity contribution in [3.05, 3.63) is 148 Å². The zero-order valence-corrected chi connectivity index (χ0v) is 28.8. The highest BCUT2D eigenvalue weighted by atomic mass is 79.9. The van der Waals surface area contributed by atoms with Crippen molar-refractivity contribution < 1.29 is 0 Å². The number of anilines is 1. The maximum absolute atomic E-state index is 6.56. The van der Waals surface area contributed by atoms with Crippen LogP contribution < -0.4 is 4.90 Å². The number of benzene rings is 1. The van der Waals surface area contributed by atoms with Crippen molar-refractivity contribution in [1.29, 1.82) is 0 Å². The lowest BCUT2D eigenvalue weighted by Crippen LogP contribution is -2.60. The highest BCUT2D eigenvalue weighted by molar-refractivity contribution is 9.11. The third kappa shape index (κ3) is 5.07. The lowest BCUT2D eigenvalue weighted by molar-refractivity contribution is 0.0283. The molecular weight excluding hydrogens is 623 g/mol. The summed E-state index contributed by atoms with van der Waals surface area (Å²) in [7, 11) is 6.56. The first-order valence-electron chi connectivity index (χ1n) is 17.2. The van der Waals surface area contributed by atoms with Crippen molar-refractivity contribution in [2.75, 3.05) is 4.90 Å². The molecule has 1 aromatic carbocycles. The van der Waals surface area contributed by atoms with Crippen molar-refractivity contribution in [2.24, 2.45) is 29.1 Å². The van der Waals surface area contributed by atoms with E-state index in [1.165, 1.54) is 22.6 Å². The molecule has 4 heteroatoms. The van der Waals surface area contributed by atoms with Gasteiger partial charge in [-0.3, -0.25) is 0 Å². The molecule has 0 bridgehead atoms. The second-order valence-corrected chi connectivity index (χ2v) is 16.0. The summed E-state index contributed by atoms with van der Waals surface area (Å²) in [5.41, 5.74) is 7.36. The Morgan fingerprint density at radius 1 is 0.739 bits per heavy atom. The van der Waals surface area contributed by atoms with Crippen molar-refractivity contribution in [1.82, 2.24) is 4.90 Å². The van der Waals surface area contributed by atoms with E-state index in [9.17, 15) is 0 Å². The van der Waals surface area contributed by atoms with Gasteiger partial charge < -0.3 is 9.80 Å². The SMILES string of the molecule is [B]C1C=C(Br)C=C(N2c3ccccc3C(C3C4C=CC=CC4N(C4=CC=C(C(C)(C)C)CC4)C4C=CC=CC34)C3C=CC=CC32)C1. The summed E-state index contributed by atoms with van der Waals surface area (Å²) in [6, 6.07) is 10.2. The minimum Gasteiger partial charge on any atom is -0.361 e. The Morgan fingerprint density at radius 2 is 1.37 bits per heavy atom. The van der Waals surface area contributed by atoms with Crippen molar-refractivity contribution in [3.63, 3.8) is 0 Å². The summed E-state index contributed by atoms with van der Waals surface area (Å²) >= 11 is 3.77. The van der Waals surface area contributed by atoms with Crippen LogP contribution in [0, 0.1) is 29.1 Å². The number of para-hydroxylation sites is 1. The lowest BCUT2D eigenvalue weighted by Gasteiger charge is -2.59. The van der Waals surface area contributed by atoms with E-state index < -0.39 is 0 Å². The fourth-order valence-electron chi connectivity index (χ4n) is 9.59. The first-order valence-corrected chi connectivity index (χ1v) is 18.0. The van der Waals surface area contributed by atoms with Gasteiger partial charge in [0.05, 0.1) is 26.0 Å². The van der Waals surface area contributed by atoms with Crippen LogP contribution in [0.2, 0.25) is 5.82 Å². The Balaban J connectivity index is 1.25. The predicted molar refractivity (Wildman–Crippen MR) is 198 cm³/mol. The number of likely N-dealkylation sites (tertiary alicyclic amines) is 1. The number of fused-ring (bicyclic) bond motifs is 4.